The predicted molar refractivity (Wildman–Crippen MR) is 72.1 cm³/mol. The van der Waals surface area contributed by atoms with Gasteiger partial charge in [-0.15, -0.1) is 0 Å². The smallest absolute Gasteiger partial charge is 0.129 e. The first-order valence-corrected chi connectivity index (χ1v) is 7.08. The molecule has 0 aromatic rings. The van der Waals surface area contributed by atoms with Crippen LogP contribution >= 0.6 is 11.8 Å². The molecule has 0 aliphatic carbocycles. The molecule has 0 saturated carbocycles. The fourth-order valence-corrected chi connectivity index (χ4v) is 2.05. The van der Waals surface area contributed by atoms with Crippen LogP contribution in [-0.4, -0.2) is 30.0 Å². The molecule has 0 heterocycles. The van der Waals surface area contributed by atoms with E-state index in [1.165, 1.54) is 0 Å². The van der Waals surface area contributed by atoms with Crippen molar-refractivity contribution >= 4 is 18.0 Å². The van der Waals surface area contributed by atoms with Gasteiger partial charge in [0.05, 0.1) is 5.60 Å². The Morgan fingerprint density at radius 1 is 1.12 bits per heavy atom. The highest BCUT2D eigenvalue weighted by Gasteiger charge is 2.19. The Morgan fingerprint density at radius 2 is 1.75 bits per heavy atom. The van der Waals surface area contributed by atoms with Crippen molar-refractivity contribution in [3.8, 4) is 0 Å². The molecule has 0 radical (unpaired) electrons. The van der Waals surface area contributed by atoms with Crippen molar-refractivity contribution in [2.45, 2.75) is 53.1 Å². The van der Waals surface area contributed by atoms with Gasteiger partial charge < -0.3 is 9.53 Å². The van der Waals surface area contributed by atoms with Crippen molar-refractivity contribution in [2.75, 3.05) is 18.1 Å². The van der Waals surface area contributed by atoms with Gasteiger partial charge in [0.25, 0.3) is 0 Å². The number of hydrogen-bond acceptors (Lipinski definition) is 3. The van der Waals surface area contributed by atoms with Gasteiger partial charge >= 0.3 is 0 Å². The van der Waals surface area contributed by atoms with Crippen LogP contribution in [-0.2, 0) is 9.53 Å². The minimum atomic E-state index is -0.0683. The third kappa shape index (κ3) is 10.5. The van der Waals surface area contributed by atoms with Crippen LogP contribution in [0.25, 0.3) is 0 Å². The lowest BCUT2D eigenvalue weighted by molar-refractivity contribution is -0.105. The lowest BCUT2D eigenvalue weighted by atomic mass is 9.93. The highest BCUT2D eigenvalue weighted by molar-refractivity contribution is 7.99. The Balaban J connectivity index is 3.65. The number of thioether (sulfide) groups is 1. The summed E-state index contributed by atoms with van der Waals surface area (Å²) < 4.78 is 5.88. The molecular formula is C13H26O2S. The molecule has 0 saturated heterocycles. The standard InChI is InChI=1S/C13H26O2S/c1-12(2,3)6-9-15-13(4,5)7-10-16-11-8-14/h8H,6-7,9-11H2,1-5H3. The third-order valence-corrected chi connectivity index (χ3v) is 3.24. The van der Waals surface area contributed by atoms with Crippen LogP contribution in [0.4, 0.5) is 0 Å². The van der Waals surface area contributed by atoms with Crippen LogP contribution in [0.3, 0.4) is 0 Å². The Morgan fingerprint density at radius 3 is 2.25 bits per heavy atom. The van der Waals surface area contributed by atoms with E-state index in [0.717, 1.165) is 31.5 Å². The molecule has 2 nitrogen and oxygen atoms in total. The Hall–Kier alpha value is -0.0200. The van der Waals surface area contributed by atoms with E-state index in [-0.39, 0.29) is 5.60 Å². The van der Waals surface area contributed by atoms with E-state index >= 15 is 0 Å². The fourth-order valence-electron chi connectivity index (χ4n) is 1.16. The lowest BCUT2D eigenvalue weighted by Gasteiger charge is -2.27. The molecule has 0 fully saturated rings. The molecule has 0 aliphatic rings. The maximum absolute atomic E-state index is 10.2. The Bertz CT molecular complexity index is 195. The molecule has 0 rings (SSSR count). The summed E-state index contributed by atoms with van der Waals surface area (Å²) in [5, 5.41) is 0. The topological polar surface area (TPSA) is 26.3 Å². The molecule has 0 aromatic heterocycles. The molecular weight excluding hydrogens is 220 g/mol. The zero-order chi connectivity index (χ0) is 12.7. The van der Waals surface area contributed by atoms with Gasteiger partial charge in [-0.25, -0.2) is 0 Å². The van der Waals surface area contributed by atoms with Gasteiger partial charge in [-0.1, -0.05) is 20.8 Å². The number of hydrogen-bond donors (Lipinski definition) is 0. The van der Waals surface area contributed by atoms with Crippen molar-refractivity contribution in [1.29, 1.82) is 0 Å². The minimum absolute atomic E-state index is 0.0683. The van der Waals surface area contributed by atoms with Crippen molar-refractivity contribution in [2.24, 2.45) is 5.41 Å². The largest absolute Gasteiger partial charge is 0.376 e. The highest BCUT2D eigenvalue weighted by atomic mass is 32.2. The van der Waals surface area contributed by atoms with Crippen LogP contribution in [0.2, 0.25) is 0 Å². The summed E-state index contributed by atoms with van der Waals surface area (Å²) in [5.74, 6) is 1.58. The molecule has 0 amide bonds. The number of aldehydes is 1. The lowest BCUT2D eigenvalue weighted by Crippen LogP contribution is -2.27. The van der Waals surface area contributed by atoms with Gasteiger partial charge in [0.2, 0.25) is 0 Å². The van der Waals surface area contributed by atoms with Crippen LogP contribution in [0.15, 0.2) is 0 Å². The average molecular weight is 246 g/mol. The van der Waals surface area contributed by atoms with Crippen LogP contribution in [0, 0.1) is 5.41 Å². The zero-order valence-electron chi connectivity index (χ0n) is 11.3. The number of rotatable bonds is 8. The molecule has 96 valence electrons. The second-order valence-corrected chi connectivity index (χ2v) is 7.06. The van der Waals surface area contributed by atoms with E-state index < -0.39 is 0 Å². The quantitative estimate of drug-likeness (QED) is 0.484. The van der Waals surface area contributed by atoms with Crippen molar-refractivity contribution < 1.29 is 9.53 Å². The zero-order valence-corrected chi connectivity index (χ0v) is 12.2. The summed E-state index contributed by atoms with van der Waals surface area (Å²) in [4.78, 5) is 10.2. The first-order chi connectivity index (χ1) is 7.27. The highest BCUT2D eigenvalue weighted by Crippen LogP contribution is 2.22. The van der Waals surface area contributed by atoms with E-state index in [1.54, 1.807) is 11.8 Å². The Labute approximate surface area is 105 Å². The average Bonchev–Trinajstić information content (AvgIpc) is 2.10. The molecule has 3 heteroatoms. The Kier molecular flexibility index (Phi) is 7.32. The van der Waals surface area contributed by atoms with Gasteiger partial charge in [-0.05, 0) is 37.9 Å². The second-order valence-electron chi connectivity index (χ2n) is 5.91. The number of ether oxygens (including phenoxy) is 1. The van der Waals surface area contributed by atoms with Crippen LogP contribution in [0.5, 0.6) is 0 Å². The van der Waals surface area contributed by atoms with Gasteiger partial charge in [0.15, 0.2) is 0 Å². The maximum Gasteiger partial charge on any atom is 0.129 e. The van der Waals surface area contributed by atoms with Gasteiger partial charge in [-0.2, -0.15) is 11.8 Å². The summed E-state index contributed by atoms with van der Waals surface area (Å²) >= 11 is 1.67. The molecule has 16 heavy (non-hydrogen) atoms. The van der Waals surface area contributed by atoms with Crippen molar-refractivity contribution in [1.82, 2.24) is 0 Å². The molecule has 0 atom stereocenters. The molecule has 0 aliphatic heterocycles. The summed E-state index contributed by atoms with van der Waals surface area (Å²) in [6, 6.07) is 0. The fraction of sp³-hybridized carbons (Fsp3) is 0.923. The van der Waals surface area contributed by atoms with E-state index in [0.29, 0.717) is 11.2 Å². The van der Waals surface area contributed by atoms with E-state index in [2.05, 4.69) is 34.6 Å². The predicted octanol–water partition coefficient (Wildman–Crippen LogP) is 3.54. The van der Waals surface area contributed by atoms with E-state index in [1.807, 2.05) is 0 Å². The van der Waals surface area contributed by atoms with Gasteiger partial charge in [0, 0.05) is 12.4 Å². The van der Waals surface area contributed by atoms with Gasteiger partial charge in [0.1, 0.15) is 6.29 Å². The summed E-state index contributed by atoms with van der Waals surface area (Å²) in [7, 11) is 0. The molecule has 0 bridgehead atoms. The second kappa shape index (κ2) is 7.33. The molecule has 0 aromatic carbocycles. The number of carbonyl (C=O) groups is 1. The van der Waals surface area contributed by atoms with Crippen molar-refractivity contribution in [3.05, 3.63) is 0 Å². The van der Waals surface area contributed by atoms with E-state index in [9.17, 15) is 4.79 Å². The van der Waals surface area contributed by atoms with E-state index in [4.69, 9.17) is 4.74 Å². The SMILES string of the molecule is CC(C)(C)CCOC(C)(C)CCSCC=O. The minimum Gasteiger partial charge on any atom is -0.376 e. The van der Waals surface area contributed by atoms with Gasteiger partial charge in [-0.3, -0.25) is 0 Å². The molecule has 0 N–H and O–H groups in total. The van der Waals surface area contributed by atoms with Crippen LogP contribution in [0.1, 0.15) is 47.5 Å². The summed E-state index contributed by atoms with van der Waals surface area (Å²) in [5.41, 5.74) is 0.267. The summed E-state index contributed by atoms with van der Waals surface area (Å²) in [6.07, 6.45) is 3.03. The molecule has 0 spiro atoms. The first-order valence-electron chi connectivity index (χ1n) is 5.92. The van der Waals surface area contributed by atoms with Crippen LogP contribution < -0.4 is 0 Å². The first kappa shape index (κ1) is 16.0. The van der Waals surface area contributed by atoms with Crippen molar-refractivity contribution in [3.63, 3.8) is 0 Å². The number of carbonyl (C=O) groups excluding carboxylic acids is 1. The summed E-state index contributed by atoms with van der Waals surface area (Å²) in [6.45, 7) is 11.7. The molecule has 0 unspecified atom stereocenters. The maximum atomic E-state index is 10.2. The third-order valence-electron chi connectivity index (χ3n) is 2.38. The monoisotopic (exact) mass is 246 g/mol. The normalized spacial score (nSPS) is 12.8.